The quantitative estimate of drug-likeness (QED) is 0.239. The molecule has 1 aliphatic heterocycles. The van der Waals surface area contributed by atoms with E-state index in [1.54, 1.807) is 0 Å². The Morgan fingerprint density at radius 1 is 1.16 bits per heavy atom. The van der Waals surface area contributed by atoms with Gasteiger partial charge in [0.15, 0.2) is 0 Å². The molecule has 170 valence electrons. The molecule has 2 bridgehead atoms. The number of imide groups is 1. The van der Waals surface area contributed by atoms with Crippen molar-refractivity contribution in [2.24, 2.45) is 57.6 Å². The van der Waals surface area contributed by atoms with Gasteiger partial charge in [-0.2, -0.15) is 0 Å². The van der Waals surface area contributed by atoms with Crippen molar-refractivity contribution >= 4 is 17.8 Å². The Balaban J connectivity index is 1.66. The van der Waals surface area contributed by atoms with Gasteiger partial charge in [-0.25, -0.2) is 10.9 Å². The number of methoxy groups -OCH3 is 1. The number of carbonyl (C=O) groups excluding carboxylic acids is 3. The van der Waals surface area contributed by atoms with Crippen LogP contribution in [0.2, 0.25) is 0 Å². The van der Waals surface area contributed by atoms with Gasteiger partial charge in [-0.3, -0.25) is 14.4 Å². The fourth-order valence-electron chi connectivity index (χ4n) is 9.20. The van der Waals surface area contributed by atoms with Crippen LogP contribution >= 0.6 is 0 Å². The number of allylic oxidation sites excluding steroid dienone is 2. The summed E-state index contributed by atoms with van der Waals surface area (Å²) in [5.41, 5.74) is 0.453. The Hall–Kier alpha value is -1.69. The van der Waals surface area contributed by atoms with E-state index in [4.69, 9.17) is 10.6 Å². The van der Waals surface area contributed by atoms with Gasteiger partial charge in [-0.05, 0) is 68.1 Å². The molecule has 1 spiro atoms. The number of fused-ring (bicyclic) bond motifs is 1. The average molecular weight is 429 g/mol. The highest BCUT2D eigenvalue weighted by molar-refractivity contribution is 6.06. The molecule has 3 saturated carbocycles. The van der Waals surface area contributed by atoms with Crippen LogP contribution in [-0.4, -0.2) is 29.9 Å². The number of ether oxygens (including phenoxy) is 1. The van der Waals surface area contributed by atoms with Gasteiger partial charge in [-0.15, -0.1) is 0 Å². The first-order valence-electron chi connectivity index (χ1n) is 12.0. The van der Waals surface area contributed by atoms with E-state index < -0.39 is 5.41 Å². The van der Waals surface area contributed by atoms with Crippen LogP contribution in [0.4, 0.5) is 0 Å². The predicted molar refractivity (Wildman–Crippen MR) is 115 cm³/mol. The van der Waals surface area contributed by atoms with Crippen LogP contribution in [0.3, 0.4) is 0 Å². The van der Waals surface area contributed by atoms with Crippen LogP contribution in [0.5, 0.6) is 0 Å². The van der Waals surface area contributed by atoms with Crippen molar-refractivity contribution < 1.29 is 19.1 Å². The maximum atomic E-state index is 13.3. The minimum atomic E-state index is -0.487. The van der Waals surface area contributed by atoms with Crippen molar-refractivity contribution in [3.05, 3.63) is 11.6 Å². The normalized spacial score (nSPS) is 48.3. The van der Waals surface area contributed by atoms with Crippen molar-refractivity contribution in [3.63, 3.8) is 0 Å². The molecule has 0 aromatic heterocycles. The van der Waals surface area contributed by atoms with Gasteiger partial charge >= 0.3 is 5.97 Å². The maximum Gasteiger partial charge on any atom is 0.311 e. The van der Waals surface area contributed by atoms with E-state index in [0.717, 1.165) is 43.5 Å². The molecule has 0 aromatic rings. The van der Waals surface area contributed by atoms with E-state index in [1.807, 2.05) is 0 Å². The molecule has 8 atom stereocenters. The molecule has 1 saturated heterocycles. The molecule has 0 aromatic carbocycles. The van der Waals surface area contributed by atoms with Gasteiger partial charge in [0.25, 0.3) is 0 Å². The molecule has 31 heavy (non-hydrogen) atoms. The number of carbonyl (C=O) groups is 3. The van der Waals surface area contributed by atoms with Crippen LogP contribution in [0, 0.1) is 51.8 Å². The van der Waals surface area contributed by atoms with E-state index in [9.17, 15) is 14.4 Å². The summed E-state index contributed by atoms with van der Waals surface area (Å²) in [4.78, 5) is 39.3. The number of rotatable bonds is 2. The van der Waals surface area contributed by atoms with Gasteiger partial charge in [0.2, 0.25) is 11.8 Å². The summed E-state index contributed by atoms with van der Waals surface area (Å²) in [6, 6.07) is 0. The van der Waals surface area contributed by atoms with Gasteiger partial charge < -0.3 is 4.74 Å². The molecular weight excluding hydrogens is 392 g/mol. The van der Waals surface area contributed by atoms with Gasteiger partial charge in [0.1, 0.15) is 0 Å². The Kier molecular flexibility index (Phi) is 4.39. The zero-order chi connectivity index (χ0) is 22.5. The third-order valence-electron chi connectivity index (χ3n) is 10.4. The van der Waals surface area contributed by atoms with Crippen molar-refractivity contribution in [2.45, 2.75) is 66.2 Å². The number of nitrogens with two attached hydrogens (primary N) is 1. The molecule has 2 amide bonds. The van der Waals surface area contributed by atoms with Crippen molar-refractivity contribution in [3.8, 4) is 0 Å². The lowest BCUT2D eigenvalue weighted by molar-refractivity contribution is -0.196. The highest BCUT2D eigenvalue weighted by Gasteiger charge is 2.73. The number of hydrogen-bond acceptors (Lipinski definition) is 5. The minimum absolute atomic E-state index is 0.0625. The second-order valence-corrected chi connectivity index (χ2v) is 11.7. The first kappa shape index (κ1) is 21.2. The first-order valence-corrected chi connectivity index (χ1v) is 12.0. The Labute approximate surface area is 184 Å². The van der Waals surface area contributed by atoms with E-state index >= 15 is 0 Å². The number of esters is 1. The fraction of sp³-hybridized carbons (Fsp3) is 0.800. The monoisotopic (exact) mass is 428 g/mol. The lowest BCUT2D eigenvalue weighted by Gasteiger charge is -2.68. The van der Waals surface area contributed by atoms with Crippen LogP contribution < -0.4 is 5.84 Å². The van der Waals surface area contributed by atoms with Gasteiger partial charge in [-0.1, -0.05) is 38.8 Å². The molecule has 6 rings (SSSR count). The van der Waals surface area contributed by atoms with Gasteiger partial charge in [0, 0.05) is 5.41 Å². The average Bonchev–Trinajstić information content (AvgIpc) is 2.98. The lowest BCUT2D eigenvalue weighted by Crippen LogP contribution is -2.65. The molecule has 6 heteroatoms. The number of nitrogens with zero attached hydrogens (tertiary/aromatic N) is 1. The zero-order valence-electron chi connectivity index (χ0n) is 19.4. The molecule has 2 N–H and O–H groups in total. The Morgan fingerprint density at radius 2 is 1.87 bits per heavy atom. The minimum Gasteiger partial charge on any atom is -0.469 e. The predicted octanol–water partition coefficient (Wildman–Crippen LogP) is 3.46. The van der Waals surface area contributed by atoms with Gasteiger partial charge in [0.05, 0.1) is 24.4 Å². The molecule has 1 heterocycles. The highest BCUT2D eigenvalue weighted by Crippen LogP contribution is 2.74. The van der Waals surface area contributed by atoms with Crippen LogP contribution in [0.25, 0.3) is 0 Å². The molecule has 4 fully saturated rings. The second-order valence-electron chi connectivity index (χ2n) is 11.7. The van der Waals surface area contributed by atoms with E-state index in [0.29, 0.717) is 5.92 Å². The van der Waals surface area contributed by atoms with E-state index in [1.165, 1.54) is 12.7 Å². The number of amides is 2. The summed E-state index contributed by atoms with van der Waals surface area (Å²) in [7, 11) is 1.49. The van der Waals surface area contributed by atoms with Crippen molar-refractivity contribution in [1.29, 1.82) is 0 Å². The number of hydrazine groups is 1. The SMILES string of the molecule is COC(=O)[C@]1(C)CCC[C@]2(C)[C@H]3C[C@H]4C(C(C)C)=C[C@]3(CC[C@H]21)[C@@H]1C(=O)N(N)C(=O)[C@@H]14. The Bertz CT molecular complexity index is 896. The first-order chi connectivity index (χ1) is 14.5. The third kappa shape index (κ3) is 2.35. The smallest absolute Gasteiger partial charge is 0.311 e. The summed E-state index contributed by atoms with van der Waals surface area (Å²) in [5, 5.41) is 0.914. The summed E-state index contributed by atoms with van der Waals surface area (Å²) in [6.07, 6.45) is 7.94. The Morgan fingerprint density at radius 3 is 2.52 bits per heavy atom. The second kappa shape index (κ2) is 6.43. The largest absolute Gasteiger partial charge is 0.469 e. The molecule has 5 aliphatic carbocycles. The molecule has 0 unspecified atom stereocenters. The van der Waals surface area contributed by atoms with E-state index in [2.05, 4.69) is 33.8 Å². The summed E-state index contributed by atoms with van der Waals surface area (Å²) in [6.45, 7) is 8.82. The van der Waals surface area contributed by atoms with Crippen LogP contribution in [-0.2, 0) is 19.1 Å². The summed E-state index contributed by atoms with van der Waals surface area (Å²) in [5.74, 6) is 5.76. The third-order valence-corrected chi connectivity index (χ3v) is 10.4. The summed E-state index contributed by atoms with van der Waals surface area (Å²) < 4.78 is 5.27. The molecular formula is C25H36N2O4. The molecule has 6 aliphatic rings. The van der Waals surface area contributed by atoms with Crippen molar-refractivity contribution in [2.75, 3.05) is 7.11 Å². The fourth-order valence-corrected chi connectivity index (χ4v) is 9.20. The lowest BCUT2D eigenvalue weighted by atomic mass is 9.34. The highest BCUT2D eigenvalue weighted by atomic mass is 16.5. The maximum absolute atomic E-state index is 13.3. The summed E-state index contributed by atoms with van der Waals surface area (Å²) >= 11 is 0. The zero-order valence-corrected chi connectivity index (χ0v) is 19.4. The van der Waals surface area contributed by atoms with E-state index in [-0.39, 0.29) is 58.2 Å². The number of hydrogen-bond donors (Lipinski definition) is 1. The standard InChI is InChI=1S/C25H36N2O4/c1-13(2)15-12-25-10-7-16-23(3,8-6-9-24(16,4)22(30)31-5)17(25)11-14(15)18-19(25)21(29)27(26)20(18)28/h12-14,16-19H,6-11,26H2,1-5H3/t14-,16+,17+,18+,19-,23-,24+,25-/m0/s1. The molecule has 6 nitrogen and oxygen atoms in total. The van der Waals surface area contributed by atoms with Crippen molar-refractivity contribution in [1.82, 2.24) is 5.01 Å². The van der Waals surface area contributed by atoms with Crippen LogP contribution in [0.1, 0.15) is 66.2 Å². The topological polar surface area (TPSA) is 89.7 Å². The molecule has 0 radical (unpaired) electrons. The van der Waals surface area contributed by atoms with Crippen LogP contribution in [0.15, 0.2) is 11.6 Å².